The van der Waals surface area contributed by atoms with Crippen LogP contribution in [0.5, 0.6) is 0 Å². The summed E-state index contributed by atoms with van der Waals surface area (Å²) in [6, 6.07) is 11.2. The first-order chi connectivity index (χ1) is 9.33. The summed E-state index contributed by atoms with van der Waals surface area (Å²) in [5.41, 5.74) is 3.32. The van der Waals surface area contributed by atoms with Crippen LogP contribution < -0.4 is 10.6 Å². The Morgan fingerprint density at radius 1 is 0.947 bits per heavy atom. The molecule has 0 saturated carbocycles. The van der Waals surface area contributed by atoms with Crippen molar-refractivity contribution in [2.45, 2.75) is 0 Å². The molecule has 5 heteroatoms. The van der Waals surface area contributed by atoms with E-state index in [-0.39, 0.29) is 0 Å². The third-order valence-corrected chi connectivity index (χ3v) is 3.06. The Morgan fingerprint density at radius 3 is 2.58 bits per heavy atom. The van der Waals surface area contributed by atoms with Crippen molar-refractivity contribution in [3.63, 3.8) is 0 Å². The minimum atomic E-state index is 0.642. The van der Waals surface area contributed by atoms with Gasteiger partial charge in [0.25, 0.3) is 0 Å². The number of amides is 2. The molecule has 2 amide bonds. The van der Waals surface area contributed by atoms with Gasteiger partial charge in [-0.3, -0.25) is 9.59 Å². The lowest BCUT2D eigenvalue weighted by Gasteiger charge is -2.01. The van der Waals surface area contributed by atoms with Crippen molar-refractivity contribution in [3.8, 4) is 0 Å². The largest absolute Gasteiger partial charge is 0.354 e. The number of hydrogen-bond acceptors (Lipinski definition) is 2. The van der Waals surface area contributed by atoms with E-state index in [0.717, 1.165) is 33.2 Å². The molecule has 0 saturated heterocycles. The summed E-state index contributed by atoms with van der Waals surface area (Å²) in [4.78, 5) is 24.4. The van der Waals surface area contributed by atoms with E-state index in [1.807, 2.05) is 36.4 Å². The average molecular weight is 253 g/mol. The zero-order valence-electron chi connectivity index (χ0n) is 9.94. The van der Waals surface area contributed by atoms with Crippen LogP contribution in [-0.2, 0) is 9.59 Å². The molecule has 0 atom stereocenters. The Hall–Kier alpha value is -2.82. The van der Waals surface area contributed by atoms with Gasteiger partial charge in [-0.1, -0.05) is 12.1 Å². The molecule has 0 aliphatic carbocycles. The van der Waals surface area contributed by atoms with Crippen molar-refractivity contribution in [3.05, 3.63) is 36.4 Å². The molecule has 3 aromatic rings. The summed E-state index contributed by atoms with van der Waals surface area (Å²) in [6.07, 6.45) is 1.30. The Labute approximate surface area is 108 Å². The van der Waals surface area contributed by atoms with Gasteiger partial charge in [0.05, 0.1) is 5.69 Å². The molecular weight excluding hydrogens is 242 g/mol. The summed E-state index contributed by atoms with van der Waals surface area (Å²) in [6.45, 7) is 0. The lowest BCUT2D eigenvalue weighted by Crippen LogP contribution is -1.94. The smallest absolute Gasteiger partial charge is 0.211 e. The summed E-state index contributed by atoms with van der Waals surface area (Å²) >= 11 is 0. The summed E-state index contributed by atoms with van der Waals surface area (Å²) < 4.78 is 0. The highest BCUT2D eigenvalue weighted by molar-refractivity contribution is 6.15. The fourth-order valence-electron chi connectivity index (χ4n) is 2.30. The molecule has 0 bridgehead atoms. The molecule has 2 aromatic carbocycles. The molecule has 0 aliphatic rings. The standard InChI is InChI=1S/C14H11N3O2/c18-7-15-9-4-5-10-13(6-9)17-12-3-1-2-11(14(10)12)16-8-19/h1-8,17H,(H,15,18)(H,16,19). The van der Waals surface area contributed by atoms with Gasteiger partial charge in [-0.2, -0.15) is 0 Å². The second-order valence-corrected chi connectivity index (χ2v) is 4.14. The lowest BCUT2D eigenvalue weighted by atomic mass is 10.1. The van der Waals surface area contributed by atoms with Crippen LogP contribution in [0.2, 0.25) is 0 Å². The minimum Gasteiger partial charge on any atom is -0.354 e. The Morgan fingerprint density at radius 2 is 1.79 bits per heavy atom. The first-order valence-electron chi connectivity index (χ1n) is 5.78. The van der Waals surface area contributed by atoms with Crippen LogP contribution >= 0.6 is 0 Å². The van der Waals surface area contributed by atoms with E-state index in [1.54, 1.807) is 0 Å². The molecule has 0 aliphatic heterocycles. The maximum absolute atomic E-state index is 10.6. The van der Waals surface area contributed by atoms with E-state index in [9.17, 15) is 9.59 Å². The number of aromatic nitrogens is 1. The topological polar surface area (TPSA) is 74.0 Å². The number of aromatic amines is 1. The number of benzene rings is 2. The Balaban J connectivity index is 2.30. The number of nitrogens with one attached hydrogen (secondary N) is 3. The molecule has 19 heavy (non-hydrogen) atoms. The zero-order chi connectivity index (χ0) is 13.2. The molecule has 94 valence electrons. The molecule has 0 unspecified atom stereocenters. The van der Waals surface area contributed by atoms with Crippen LogP contribution in [0.1, 0.15) is 0 Å². The highest BCUT2D eigenvalue weighted by atomic mass is 16.1. The highest BCUT2D eigenvalue weighted by Crippen LogP contribution is 2.32. The van der Waals surface area contributed by atoms with Crippen molar-refractivity contribution in [2.24, 2.45) is 0 Å². The van der Waals surface area contributed by atoms with Crippen molar-refractivity contribution in [1.82, 2.24) is 4.98 Å². The number of rotatable bonds is 4. The fourth-order valence-corrected chi connectivity index (χ4v) is 2.30. The molecule has 3 rings (SSSR count). The molecule has 3 N–H and O–H groups in total. The first-order valence-corrected chi connectivity index (χ1v) is 5.78. The van der Waals surface area contributed by atoms with Gasteiger partial charge in [0.1, 0.15) is 0 Å². The minimum absolute atomic E-state index is 0.642. The number of anilines is 2. The highest BCUT2D eigenvalue weighted by Gasteiger charge is 2.08. The predicted octanol–water partition coefficient (Wildman–Crippen LogP) is 2.46. The van der Waals surface area contributed by atoms with Crippen molar-refractivity contribution < 1.29 is 9.59 Å². The quantitative estimate of drug-likeness (QED) is 0.625. The van der Waals surface area contributed by atoms with Gasteiger partial charge >= 0.3 is 0 Å². The van der Waals surface area contributed by atoms with Crippen molar-refractivity contribution in [1.29, 1.82) is 0 Å². The number of carbonyl (C=O) groups is 2. The van der Waals surface area contributed by atoms with Gasteiger partial charge in [0, 0.05) is 27.5 Å². The van der Waals surface area contributed by atoms with Gasteiger partial charge < -0.3 is 15.6 Å². The van der Waals surface area contributed by atoms with E-state index in [1.165, 1.54) is 0 Å². The lowest BCUT2D eigenvalue weighted by molar-refractivity contribution is -0.106. The maximum Gasteiger partial charge on any atom is 0.211 e. The molecule has 0 radical (unpaired) electrons. The zero-order valence-corrected chi connectivity index (χ0v) is 9.94. The van der Waals surface area contributed by atoms with Gasteiger partial charge in [0.15, 0.2) is 0 Å². The van der Waals surface area contributed by atoms with Crippen LogP contribution in [0, 0.1) is 0 Å². The second kappa shape index (κ2) is 4.45. The van der Waals surface area contributed by atoms with Crippen LogP contribution in [-0.4, -0.2) is 17.8 Å². The SMILES string of the molecule is O=CNc1ccc2c(c1)[nH]c1cccc(NC=O)c12. The van der Waals surface area contributed by atoms with Crippen LogP contribution in [0.4, 0.5) is 11.4 Å². The molecular formula is C14H11N3O2. The normalized spacial score (nSPS) is 10.5. The van der Waals surface area contributed by atoms with Crippen LogP contribution in [0.3, 0.4) is 0 Å². The average Bonchev–Trinajstić information content (AvgIpc) is 2.78. The number of carbonyl (C=O) groups excluding carboxylic acids is 2. The third-order valence-electron chi connectivity index (χ3n) is 3.06. The Kier molecular flexibility index (Phi) is 2.64. The van der Waals surface area contributed by atoms with Gasteiger partial charge in [-0.25, -0.2) is 0 Å². The molecule has 0 fully saturated rings. The predicted molar refractivity (Wildman–Crippen MR) is 75.2 cm³/mol. The number of fused-ring (bicyclic) bond motifs is 3. The molecule has 5 nitrogen and oxygen atoms in total. The summed E-state index contributed by atoms with van der Waals surface area (Å²) in [7, 11) is 0. The number of hydrogen-bond donors (Lipinski definition) is 3. The van der Waals surface area contributed by atoms with E-state index >= 15 is 0 Å². The maximum atomic E-state index is 10.6. The third kappa shape index (κ3) is 1.81. The van der Waals surface area contributed by atoms with Gasteiger partial charge in [-0.05, 0) is 24.3 Å². The van der Waals surface area contributed by atoms with Gasteiger partial charge in [0.2, 0.25) is 12.8 Å². The Bertz CT molecular complexity index is 777. The number of H-pyrrole nitrogens is 1. The summed E-state index contributed by atoms with van der Waals surface area (Å²) in [5, 5.41) is 7.26. The fraction of sp³-hybridized carbons (Fsp3) is 0. The molecule has 1 aromatic heterocycles. The van der Waals surface area contributed by atoms with Crippen molar-refractivity contribution >= 4 is 46.0 Å². The molecule has 0 spiro atoms. The monoisotopic (exact) mass is 253 g/mol. The van der Waals surface area contributed by atoms with Crippen molar-refractivity contribution in [2.75, 3.05) is 10.6 Å². The van der Waals surface area contributed by atoms with Crippen LogP contribution in [0.15, 0.2) is 36.4 Å². The second-order valence-electron chi connectivity index (χ2n) is 4.14. The van der Waals surface area contributed by atoms with Crippen LogP contribution in [0.25, 0.3) is 21.8 Å². The van der Waals surface area contributed by atoms with E-state index in [0.29, 0.717) is 12.8 Å². The van der Waals surface area contributed by atoms with E-state index < -0.39 is 0 Å². The van der Waals surface area contributed by atoms with E-state index in [4.69, 9.17) is 0 Å². The molecule has 1 heterocycles. The summed E-state index contributed by atoms with van der Waals surface area (Å²) in [5.74, 6) is 0. The first kappa shape index (κ1) is 11.3. The van der Waals surface area contributed by atoms with E-state index in [2.05, 4.69) is 15.6 Å². The van der Waals surface area contributed by atoms with Gasteiger partial charge in [-0.15, -0.1) is 0 Å².